The summed E-state index contributed by atoms with van der Waals surface area (Å²) < 4.78 is 0. The minimum Gasteiger partial charge on any atom is -0.276 e. The molecular formula is C29H21N3O. The Hall–Kier alpha value is -4.57. The number of pyridine rings is 2. The number of anilines is 2. The van der Waals surface area contributed by atoms with Gasteiger partial charge in [-0.3, -0.25) is 19.7 Å². The Balaban J connectivity index is 1.76. The van der Waals surface area contributed by atoms with E-state index in [0.717, 1.165) is 33.9 Å². The number of para-hydroxylation sites is 2. The van der Waals surface area contributed by atoms with Crippen molar-refractivity contribution in [2.75, 3.05) is 4.90 Å². The fraction of sp³-hybridized carbons (Fsp3) is 0. The molecule has 2 heterocycles. The van der Waals surface area contributed by atoms with E-state index < -0.39 is 0 Å². The van der Waals surface area contributed by atoms with Crippen LogP contribution in [0.4, 0.5) is 11.4 Å². The molecule has 0 unspecified atom stereocenters. The van der Waals surface area contributed by atoms with E-state index in [1.165, 1.54) is 0 Å². The van der Waals surface area contributed by atoms with E-state index in [-0.39, 0.29) is 5.91 Å². The first kappa shape index (κ1) is 20.3. The molecule has 0 aliphatic heterocycles. The number of nitrogens with zero attached hydrogens (tertiary/aromatic N) is 3. The third-order valence-electron chi connectivity index (χ3n) is 5.40. The molecule has 0 N–H and O–H groups in total. The zero-order valence-electron chi connectivity index (χ0n) is 17.9. The van der Waals surface area contributed by atoms with Crippen LogP contribution in [-0.2, 0) is 0 Å². The van der Waals surface area contributed by atoms with Crippen molar-refractivity contribution in [2.24, 2.45) is 0 Å². The minimum atomic E-state index is -0.123. The molecule has 5 rings (SSSR count). The fourth-order valence-corrected chi connectivity index (χ4v) is 3.87. The Morgan fingerprint density at radius 2 is 0.970 bits per heavy atom. The van der Waals surface area contributed by atoms with Gasteiger partial charge in [0.2, 0.25) is 0 Å². The van der Waals surface area contributed by atoms with Gasteiger partial charge >= 0.3 is 0 Å². The van der Waals surface area contributed by atoms with Crippen molar-refractivity contribution in [3.63, 3.8) is 0 Å². The Kier molecular flexibility index (Phi) is 5.72. The summed E-state index contributed by atoms with van der Waals surface area (Å²) in [5.74, 6) is -0.123. The molecule has 5 aromatic rings. The van der Waals surface area contributed by atoms with Crippen molar-refractivity contribution in [1.82, 2.24) is 9.97 Å². The molecule has 3 aromatic carbocycles. The topological polar surface area (TPSA) is 46.1 Å². The standard InChI is InChI=1S/C29H21N3O/c33-29(22-12-2-1-3-13-22)32(27-18-6-4-14-23(27)25-16-8-10-20-30-25)28-19-7-5-15-24(28)26-17-9-11-21-31-26/h1-21H. The quantitative estimate of drug-likeness (QED) is 0.310. The molecular weight excluding hydrogens is 406 g/mol. The zero-order chi connectivity index (χ0) is 22.5. The summed E-state index contributed by atoms with van der Waals surface area (Å²) in [5, 5.41) is 0. The number of carbonyl (C=O) groups excluding carboxylic acids is 1. The van der Waals surface area contributed by atoms with Gasteiger partial charge in [0, 0.05) is 29.1 Å². The molecule has 33 heavy (non-hydrogen) atoms. The van der Waals surface area contributed by atoms with Gasteiger partial charge in [-0.15, -0.1) is 0 Å². The Morgan fingerprint density at radius 3 is 1.45 bits per heavy atom. The van der Waals surface area contributed by atoms with Gasteiger partial charge in [-0.25, -0.2) is 0 Å². The molecule has 0 saturated heterocycles. The van der Waals surface area contributed by atoms with Gasteiger partial charge in [0.15, 0.2) is 0 Å². The molecule has 0 bridgehead atoms. The summed E-state index contributed by atoms with van der Waals surface area (Å²) in [7, 11) is 0. The molecule has 0 atom stereocenters. The number of hydrogen-bond acceptors (Lipinski definition) is 3. The van der Waals surface area contributed by atoms with E-state index in [9.17, 15) is 4.79 Å². The van der Waals surface area contributed by atoms with Crippen molar-refractivity contribution in [1.29, 1.82) is 0 Å². The van der Waals surface area contributed by atoms with Crippen molar-refractivity contribution in [3.8, 4) is 22.5 Å². The van der Waals surface area contributed by atoms with Crippen molar-refractivity contribution < 1.29 is 4.79 Å². The third-order valence-corrected chi connectivity index (χ3v) is 5.40. The van der Waals surface area contributed by atoms with E-state index in [1.54, 1.807) is 17.3 Å². The van der Waals surface area contributed by atoms with Crippen molar-refractivity contribution >= 4 is 17.3 Å². The van der Waals surface area contributed by atoms with Crippen molar-refractivity contribution in [2.45, 2.75) is 0 Å². The second-order valence-corrected chi connectivity index (χ2v) is 7.47. The van der Waals surface area contributed by atoms with Crippen LogP contribution in [0.15, 0.2) is 128 Å². The lowest BCUT2D eigenvalue weighted by Crippen LogP contribution is -2.27. The first-order valence-electron chi connectivity index (χ1n) is 10.7. The number of carbonyl (C=O) groups is 1. The van der Waals surface area contributed by atoms with Crippen LogP contribution in [0.25, 0.3) is 22.5 Å². The number of amides is 1. The lowest BCUT2D eigenvalue weighted by molar-refractivity contribution is 0.0999. The van der Waals surface area contributed by atoms with Crippen LogP contribution >= 0.6 is 0 Å². The molecule has 0 saturated carbocycles. The SMILES string of the molecule is O=C(c1ccccc1)N(c1ccccc1-c1ccccn1)c1ccccc1-c1ccccn1. The molecule has 2 aromatic heterocycles. The van der Waals surface area contributed by atoms with Gasteiger partial charge in [-0.05, 0) is 48.5 Å². The summed E-state index contributed by atoms with van der Waals surface area (Å²) in [4.78, 5) is 24.9. The highest BCUT2D eigenvalue weighted by atomic mass is 16.2. The Bertz CT molecular complexity index is 1290. The van der Waals surface area contributed by atoms with Gasteiger partial charge in [-0.2, -0.15) is 0 Å². The van der Waals surface area contributed by atoms with E-state index >= 15 is 0 Å². The molecule has 0 aliphatic carbocycles. The number of aromatic nitrogens is 2. The molecule has 1 amide bonds. The number of hydrogen-bond donors (Lipinski definition) is 0. The smallest absolute Gasteiger partial charge is 0.262 e. The zero-order valence-corrected chi connectivity index (χ0v) is 17.9. The highest BCUT2D eigenvalue weighted by molar-refractivity contribution is 6.14. The first-order valence-corrected chi connectivity index (χ1v) is 10.7. The lowest BCUT2D eigenvalue weighted by atomic mass is 10.0. The van der Waals surface area contributed by atoms with E-state index in [0.29, 0.717) is 5.56 Å². The van der Waals surface area contributed by atoms with E-state index in [4.69, 9.17) is 0 Å². The Morgan fingerprint density at radius 1 is 0.515 bits per heavy atom. The predicted octanol–water partition coefficient (Wildman–Crippen LogP) is 6.79. The summed E-state index contributed by atoms with van der Waals surface area (Å²) in [6, 6.07) is 36.6. The molecule has 0 aliphatic rings. The normalized spacial score (nSPS) is 10.5. The summed E-state index contributed by atoms with van der Waals surface area (Å²) in [6.45, 7) is 0. The molecule has 158 valence electrons. The maximum atomic E-state index is 14.0. The second kappa shape index (κ2) is 9.28. The van der Waals surface area contributed by atoms with Crippen LogP contribution in [0.3, 0.4) is 0 Å². The van der Waals surface area contributed by atoms with E-state index in [1.807, 2.05) is 115 Å². The summed E-state index contributed by atoms with van der Waals surface area (Å²) in [6.07, 6.45) is 3.52. The summed E-state index contributed by atoms with van der Waals surface area (Å²) in [5.41, 5.74) is 5.46. The maximum absolute atomic E-state index is 14.0. The highest BCUT2D eigenvalue weighted by Crippen LogP contribution is 2.39. The largest absolute Gasteiger partial charge is 0.276 e. The monoisotopic (exact) mass is 427 g/mol. The molecule has 0 fully saturated rings. The van der Waals surface area contributed by atoms with Gasteiger partial charge in [-0.1, -0.05) is 66.7 Å². The van der Waals surface area contributed by atoms with Crippen LogP contribution in [0.2, 0.25) is 0 Å². The molecule has 4 nitrogen and oxygen atoms in total. The van der Waals surface area contributed by atoms with Crippen LogP contribution < -0.4 is 4.90 Å². The van der Waals surface area contributed by atoms with Crippen LogP contribution in [0.1, 0.15) is 10.4 Å². The Labute approximate surface area is 192 Å². The molecule has 0 spiro atoms. The summed E-state index contributed by atoms with van der Waals surface area (Å²) >= 11 is 0. The average Bonchev–Trinajstić information content (AvgIpc) is 2.91. The minimum absolute atomic E-state index is 0.123. The van der Waals surface area contributed by atoms with Crippen LogP contribution in [-0.4, -0.2) is 15.9 Å². The first-order chi connectivity index (χ1) is 16.3. The van der Waals surface area contributed by atoms with Gasteiger partial charge in [0.25, 0.3) is 5.91 Å². The highest BCUT2D eigenvalue weighted by Gasteiger charge is 2.25. The van der Waals surface area contributed by atoms with E-state index in [2.05, 4.69) is 9.97 Å². The average molecular weight is 428 g/mol. The van der Waals surface area contributed by atoms with Crippen LogP contribution in [0, 0.1) is 0 Å². The fourth-order valence-electron chi connectivity index (χ4n) is 3.87. The predicted molar refractivity (Wildman–Crippen MR) is 132 cm³/mol. The number of rotatable bonds is 5. The van der Waals surface area contributed by atoms with Crippen LogP contribution in [0.5, 0.6) is 0 Å². The third kappa shape index (κ3) is 4.14. The number of benzene rings is 3. The van der Waals surface area contributed by atoms with Gasteiger partial charge in [0.05, 0.1) is 22.8 Å². The van der Waals surface area contributed by atoms with Gasteiger partial charge in [0.1, 0.15) is 0 Å². The molecule has 4 heteroatoms. The second-order valence-electron chi connectivity index (χ2n) is 7.47. The lowest BCUT2D eigenvalue weighted by Gasteiger charge is -2.27. The molecule has 0 radical (unpaired) electrons. The van der Waals surface area contributed by atoms with Gasteiger partial charge < -0.3 is 0 Å². The van der Waals surface area contributed by atoms with Crippen molar-refractivity contribution in [3.05, 3.63) is 133 Å². The maximum Gasteiger partial charge on any atom is 0.262 e.